The van der Waals surface area contributed by atoms with E-state index >= 15 is 0 Å². The van der Waals surface area contributed by atoms with Crippen LogP contribution in [0.1, 0.15) is 12.0 Å². The lowest BCUT2D eigenvalue weighted by Crippen LogP contribution is -2.32. The molecule has 2 amide bonds. The number of carbonyl (C=O) groups excluding carboxylic acids is 2. The van der Waals surface area contributed by atoms with Gasteiger partial charge in [-0.15, -0.1) is 0 Å². The van der Waals surface area contributed by atoms with Crippen LogP contribution in [0.2, 0.25) is 0 Å². The summed E-state index contributed by atoms with van der Waals surface area (Å²) in [4.78, 5) is 26.6. The summed E-state index contributed by atoms with van der Waals surface area (Å²) in [6.45, 7) is 0.0444. The summed E-state index contributed by atoms with van der Waals surface area (Å²) in [5, 5.41) is 4.23. The van der Waals surface area contributed by atoms with Gasteiger partial charge < -0.3 is 9.80 Å². The largest absolute Gasteiger partial charge is 0.349 e. The summed E-state index contributed by atoms with van der Waals surface area (Å²) in [5.41, 5.74) is 1.35. The van der Waals surface area contributed by atoms with Crippen LogP contribution >= 0.6 is 0 Å². The van der Waals surface area contributed by atoms with E-state index in [-0.39, 0.29) is 31.2 Å². The van der Waals surface area contributed by atoms with E-state index in [1.54, 1.807) is 38.4 Å². The van der Waals surface area contributed by atoms with Gasteiger partial charge in [0.2, 0.25) is 21.8 Å². The quantitative estimate of drug-likeness (QED) is 0.822. The lowest BCUT2D eigenvalue weighted by molar-refractivity contribution is -0.128. The molecule has 1 aromatic rings. The normalized spacial score (nSPS) is 18.6. The number of rotatable bonds is 4. The summed E-state index contributed by atoms with van der Waals surface area (Å²) < 4.78 is 22.8. The molecule has 2 rings (SSSR count). The number of primary sulfonamides is 1. The van der Waals surface area contributed by atoms with Crippen LogP contribution in [0.4, 0.5) is 5.69 Å². The van der Waals surface area contributed by atoms with Gasteiger partial charge in [-0.3, -0.25) is 9.59 Å². The van der Waals surface area contributed by atoms with Crippen LogP contribution in [-0.4, -0.2) is 51.0 Å². The Labute approximate surface area is 129 Å². The molecule has 0 aromatic heterocycles. The first kappa shape index (κ1) is 16.4. The number of hydrogen-bond donors (Lipinski definition) is 1. The number of nitrogens with zero attached hydrogens (tertiary/aromatic N) is 2. The van der Waals surface area contributed by atoms with Crippen LogP contribution < -0.4 is 10.0 Å². The zero-order valence-electron chi connectivity index (χ0n) is 12.5. The van der Waals surface area contributed by atoms with E-state index < -0.39 is 15.3 Å². The fraction of sp³-hybridized carbons (Fsp3) is 0.429. The van der Waals surface area contributed by atoms with Crippen LogP contribution in [0.3, 0.4) is 0 Å². The summed E-state index contributed by atoms with van der Waals surface area (Å²) in [7, 11) is -0.393. The summed E-state index contributed by atoms with van der Waals surface area (Å²) in [6, 6.07) is 6.98. The first-order chi connectivity index (χ1) is 10.2. The molecular formula is C14H19N3O4S. The fourth-order valence-electron chi connectivity index (χ4n) is 2.31. The van der Waals surface area contributed by atoms with Gasteiger partial charge in [0.15, 0.2) is 0 Å². The predicted molar refractivity (Wildman–Crippen MR) is 82.7 cm³/mol. The topological polar surface area (TPSA) is 101 Å². The fourth-order valence-corrected chi connectivity index (χ4v) is 3.04. The van der Waals surface area contributed by atoms with Crippen molar-refractivity contribution in [2.24, 2.45) is 5.14 Å². The molecule has 1 unspecified atom stereocenters. The maximum atomic E-state index is 12.0. The van der Waals surface area contributed by atoms with Crippen molar-refractivity contribution in [2.45, 2.75) is 18.1 Å². The van der Waals surface area contributed by atoms with Crippen molar-refractivity contribution in [1.82, 2.24) is 4.90 Å². The average Bonchev–Trinajstić information content (AvgIpc) is 2.81. The third kappa shape index (κ3) is 3.63. The second-order valence-electron chi connectivity index (χ2n) is 5.55. The zero-order chi connectivity index (χ0) is 16.5. The van der Waals surface area contributed by atoms with E-state index in [2.05, 4.69) is 0 Å². The molecule has 7 nitrogen and oxygen atoms in total. The highest BCUT2D eigenvalue weighted by Gasteiger charge is 2.37. The molecule has 0 saturated carbocycles. The molecule has 1 aliphatic heterocycles. The number of sulfonamides is 1. The first-order valence-electron chi connectivity index (χ1n) is 6.79. The van der Waals surface area contributed by atoms with Crippen LogP contribution in [-0.2, 0) is 26.0 Å². The molecule has 120 valence electrons. The Morgan fingerprint density at radius 3 is 2.64 bits per heavy atom. The number of nitrogens with two attached hydrogens (primary N) is 1. The van der Waals surface area contributed by atoms with E-state index in [0.29, 0.717) is 5.69 Å². The second kappa shape index (κ2) is 6.05. The Kier molecular flexibility index (Phi) is 4.52. The van der Waals surface area contributed by atoms with E-state index in [1.165, 1.54) is 9.80 Å². The molecule has 1 aliphatic rings. The SMILES string of the molecule is CN(C)C(=O)Cc1cccc(N2CC(S(N)(=O)=O)CC2=O)c1. The van der Waals surface area contributed by atoms with E-state index in [9.17, 15) is 18.0 Å². The minimum Gasteiger partial charge on any atom is -0.349 e. The molecule has 0 spiro atoms. The highest BCUT2D eigenvalue weighted by atomic mass is 32.2. The van der Waals surface area contributed by atoms with Crippen LogP contribution in [0.15, 0.2) is 24.3 Å². The van der Waals surface area contributed by atoms with Gasteiger partial charge in [-0.1, -0.05) is 12.1 Å². The monoisotopic (exact) mass is 325 g/mol. The zero-order valence-corrected chi connectivity index (χ0v) is 13.3. The Morgan fingerprint density at radius 2 is 2.09 bits per heavy atom. The second-order valence-corrected chi connectivity index (χ2v) is 7.40. The number of likely N-dealkylation sites (N-methyl/N-ethyl adjacent to an activating group) is 1. The summed E-state index contributed by atoms with van der Waals surface area (Å²) in [6.07, 6.45) is 0.112. The number of carbonyl (C=O) groups is 2. The average molecular weight is 325 g/mol. The third-order valence-corrected chi connectivity index (χ3v) is 4.88. The number of amides is 2. The van der Waals surface area contributed by atoms with Crippen LogP contribution in [0, 0.1) is 0 Å². The van der Waals surface area contributed by atoms with Crippen molar-refractivity contribution in [3.05, 3.63) is 29.8 Å². The van der Waals surface area contributed by atoms with Gasteiger partial charge >= 0.3 is 0 Å². The maximum Gasteiger partial charge on any atom is 0.228 e. The molecule has 0 radical (unpaired) electrons. The summed E-state index contributed by atoms with van der Waals surface area (Å²) >= 11 is 0. The van der Waals surface area contributed by atoms with E-state index in [4.69, 9.17) is 5.14 Å². The van der Waals surface area contributed by atoms with Gasteiger partial charge in [0, 0.05) is 32.7 Å². The Balaban J connectivity index is 2.20. The number of anilines is 1. The van der Waals surface area contributed by atoms with Gasteiger partial charge in [0.05, 0.1) is 6.42 Å². The first-order valence-corrected chi connectivity index (χ1v) is 8.40. The van der Waals surface area contributed by atoms with Crippen molar-refractivity contribution in [1.29, 1.82) is 0 Å². The highest BCUT2D eigenvalue weighted by molar-refractivity contribution is 7.89. The van der Waals surface area contributed by atoms with Gasteiger partial charge in [-0.05, 0) is 17.7 Å². The molecule has 2 N–H and O–H groups in total. The molecule has 1 atom stereocenters. The lowest BCUT2D eigenvalue weighted by Gasteiger charge is -2.18. The molecule has 1 saturated heterocycles. The van der Waals surface area contributed by atoms with Gasteiger partial charge in [-0.25, -0.2) is 13.6 Å². The molecule has 1 aromatic carbocycles. The number of hydrogen-bond acceptors (Lipinski definition) is 4. The summed E-state index contributed by atoms with van der Waals surface area (Å²) in [5.74, 6) is -0.331. The molecule has 8 heteroatoms. The highest BCUT2D eigenvalue weighted by Crippen LogP contribution is 2.25. The Morgan fingerprint density at radius 1 is 1.41 bits per heavy atom. The minimum atomic E-state index is -3.74. The molecule has 0 bridgehead atoms. The minimum absolute atomic E-state index is 0.0444. The van der Waals surface area contributed by atoms with Gasteiger partial charge in [0.25, 0.3) is 0 Å². The van der Waals surface area contributed by atoms with Crippen molar-refractivity contribution in [3.63, 3.8) is 0 Å². The predicted octanol–water partition coefficient (Wildman–Crippen LogP) is -0.289. The van der Waals surface area contributed by atoms with Crippen molar-refractivity contribution >= 4 is 27.5 Å². The van der Waals surface area contributed by atoms with E-state index in [0.717, 1.165) is 5.56 Å². The molecule has 1 heterocycles. The Hall–Kier alpha value is -1.93. The van der Waals surface area contributed by atoms with Crippen molar-refractivity contribution < 1.29 is 18.0 Å². The maximum absolute atomic E-state index is 12.0. The van der Waals surface area contributed by atoms with Crippen LogP contribution in [0.5, 0.6) is 0 Å². The van der Waals surface area contributed by atoms with Gasteiger partial charge in [0.1, 0.15) is 5.25 Å². The van der Waals surface area contributed by atoms with Gasteiger partial charge in [-0.2, -0.15) is 0 Å². The Bertz CT molecular complexity index is 700. The molecule has 0 aliphatic carbocycles. The third-order valence-electron chi connectivity index (χ3n) is 3.63. The molecule has 1 fully saturated rings. The molecule has 22 heavy (non-hydrogen) atoms. The molecular weight excluding hydrogens is 306 g/mol. The smallest absolute Gasteiger partial charge is 0.228 e. The van der Waals surface area contributed by atoms with Crippen LogP contribution in [0.25, 0.3) is 0 Å². The van der Waals surface area contributed by atoms with Crippen molar-refractivity contribution in [2.75, 3.05) is 25.5 Å². The standard InChI is InChI=1S/C14H19N3O4S/c1-16(2)13(18)7-10-4-3-5-11(6-10)17-9-12(8-14(17)19)22(15,20)21/h3-6,12H,7-9H2,1-2H3,(H2,15,20,21). The van der Waals surface area contributed by atoms with E-state index in [1.807, 2.05) is 0 Å². The van der Waals surface area contributed by atoms with Crippen molar-refractivity contribution in [3.8, 4) is 0 Å². The number of benzene rings is 1. The lowest BCUT2D eigenvalue weighted by atomic mass is 10.1.